The summed E-state index contributed by atoms with van der Waals surface area (Å²) < 4.78 is 0. The van der Waals surface area contributed by atoms with Crippen LogP contribution in [-0.2, 0) is 16.1 Å². The lowest BCUT2D eigenvalue weighted by Gasteiger charge is -2.23. The van der Waals surface area contributed by atoms with Gasteiger partial charge in [-0.25, -0.2) is 0 Å². The average molecular weight is 426 g/mol. The summed E-state index contributed by atoms with van der Waals surface area (Å²) in [5.41, 5.74) is 1.33. The molecular formula is C25H18N2O3S. The highest BCUT2D eigenvalue weighted by atomic mass is 32.1. The zero-order chi connectivity index (χ0) is 21.4. The lowest BCUT2D eigenvalue weighted by atomic mass is 9.96. The Hall–Kier alpha value is -3.77. The highest BCUT2D eigenvalue weighted by Crippen LogP contribution is 2.42. The zero-order valence-electron chi connectivity index (χ0n) is 16.4. The molecule has 1 aliphatic rings. The Morgan fingerprint density at radius 1 is 0.968 bits per heavy atom. The number of aromatic nitrogens is 1. The molecule has 1 N–H and O–H groups in total. The van der Waals surface area contributed by atoms with Gasteiger partial charge in [-0.05, 0) is 34.4 Å². The molecule has 5 nitrogen and oxygen atoms in total. The van der Waals surface area contributed by atoms with E-state index in [-0.39, 0.29) is 17.9 Å². The lowest BCUT2D eigenvalue weighted by molar-refractivity contribution is -0.140. The number of rotatable bonds is 4. The Balaban J connectivity index is 1.69. The number of thiophene rings is 1. The highest BCUT2D eigenvalue weighted by molar-refractivity contribution is 7.10. The van der Waals surface area contributed by atoms with Crippen LogP contribution in [0.4, 0.5) is 0 Å². The van der Waals surface area contributed by atoms with Crippen LogP contribution in [0.3, 0.4) is 0 Å². The minimum absolute atomic E-state index is 0.111. The normalized spacial score (nSPS) is 18.1. The van der Waals surface area contributed by atoms with Crippen LogP contribution in [-0.4, -0.2) is 26.7 Å². The summed E-state index contributed by atoms with van der Waals surface area (Å²) in [7, 11) is 0. The minimum atomic E-state index is -0.681. The average Bonchev–Trinajstić information content (AvgIpc) is 3.42. The predicted molar refractivity (Wildman–Crippen MR) is 120 cm³/mol. The number of Topliss-reactive ketones (excluding diaryl/α,β-unsaturated/α-hetero) is 1. The Morgan fingerprint density at radius 3 is 2.55 bits per heavy atom. The lowest BCUT2D eigenvalue weighted by Crippen LogP contribution is -2.29. The molecular weight excluding hydrogens is 408 g/mol. The standard InChI is InChI=1S/C25H18N2O3S/c28-23(19-11-5-8-16-7-1-2-10-18(16)19)21-22(20-12-6-14-31-20)27(25(30)24(21)29)15-17-9-3-4-13-26-17/h1-14,22,28H,15H2/b23-21-. The van der Waals surface area contributed by atoms with Crippen molar-refractivity contribution in [3.63, 3.8) is 0 Å². The summed E-state index contributed by atoms with van der Waals surface area (Å²) in [5, 5.41) is 15.0. The highest BCUT2D eigenvalue weighted by Gasteiger charge is 2.46. The molecule has 6 heteroatoms. The number of carbonyl (C=O) groups excluding carboxylic acids is 2. The molecule has 1 saturated heterocycles. The van der Waals surface area contributed by atoms with Crippen molar-refractivity contribution in [3.8, 4) is 0 Å². The summed E-state index contributed by atoms with van der Waals surface area (Å²) in [5.74, 6) is -1.47. The van der Waals surface area contributed by atoms with E-state index in [1.165, 1.54) is 16.2 Å². The van der Waals surface area contributed by atoms with Gasteiger partial charge in [0, 0.05) is 16.6 Å². The first-order chi connectivity index (χ1) is 15.1. The van der Waals surface area contributed by atoms with Crippen LogP contribution in [0.2, 0.25) is 0 Å². The number of pyridine rings is 1. The summed E-state index contributed by atoms with van der Waals surface area (Å²) in [6, 6.07) is 21.7. The van der Waals surface area contributed by atoms with Crippen molar-refractivity contribution >= 4 is 39.6 Å². The van der Waals surface area contributed by atoms with E-state index >= 15 is 0 Å². The molecule has 1 fully saturated rings. The van der Waals surface area contributed by atoms with Gasteiger partial charge in [0.15, 0.2) is 0 Å². The number of likely N-dealkylation sites (tertiary alicyclic amines) is 1. The van der Waals surface area contributed by atoms with Gasteiger partial charge in [0.05, 0.1) is 17.8 Å². The fraction of sp³-hybridized carbons (Fsp3) is 0.0800. The number of fused-ring (bicyclic) bond motifs is 1. The molecule has 3 heterocycles. The molecule has 4 aromatic rings. The number of aliphatic hydroxyl groups is 1. The molecule has 0 radical (unpaired) electrons. The fourth-order valence-electron chi connectivity index (χ4n) is 4.03. The van der Waals surface area contributed by atoms with Gasteiger partial charge in [0.25, 0.3) is 11.7 Å². The van der Waals surface area contributed by atoms with Crippen LogP contribution in [0.1, 0.15) is 22.2 Å². The largest absolute Gasteiger partial charge is 0.507 e. The van der Waals surface area contributed by atoms with Crippen LogP contribution < -0.4 is 0 Å². The molecule has 0 saturated carbocycles. The second-order valence-electron chi connectivity index (χ2n) is 7.29. The first-order valence-corrected chi connectivity index (χ1v) is 10.7. The summed E-state index contributed by atoms with van der Waals surface area (Å²) >= 11 is 1.45. The van der Waals surface area contributed by atoms with Crippen LogP contribution >= 0.6 is 11.3 Å². The van der Waals surface area contributed by atoms with Crippen LogP contribution in [0.25, 0.3) is 16.5 Å². The second-order valence-corrected chi connectivity index (χ2v) is 8.27. The van der Waals surface area contributed by atoms with Gasteiger partial charge in [-0.2, -0.15) is 0 Å². The van der Waals surface area contributed by atoms with E-state index in [9.17, 15) is 14.7 Å². The summed E-state index contributed by atoms with van der Waals surface area (Å²) in [6.45, 7) is 0.181. The quantitative estimate of drug-likeness (QED) is 0.286. The van der Waals surface area contributed by atoms with E-state index in [1.807, 2.05) is 66.0 Å². The summed E-state index contributed by atoms with van der Waals surface area (Å²) in [4.78, 5) is 32.8. The van der Waals surface area contributed by atoms with Gasteiger partial charge in [-0.15, -0.1) is 11.3 Å². The maximum absolute atomic E-state index is 13.1. The number of benzene rings is 2. The van der Waals surface area contributed by atoms with E-state index in [4.69, 9.17) is 0 Å². The molecule has 1 atom stereocenters. The Bertz CT molecular complexity index is 1310. The number of nitrogens with zero attached hydrogens (tertiary/aromatic N) is 2. The van der Waals surface area contributed by atoms with E-state index in [0.717, 1.165) is 15.6 Å². The Labute approximate surface area is 182 Å². The first kappa shape index (κ1) is 19.2. The molecule has 0 aliphatic carbocycles. The third-order valence-electron chi connectivity index (χ3n) is 5.46. The smallest absolute Gasteiger partial charge is 0.296 e. The van der Waals surface area contributed by atoms with Crippen molar-refractivity contribution in [2.75, 3.05) is 0 Å². The molecule has 31 heavy (non-hydrogen) atoms. The van der Waals surface area contributed by atoms with Crippen molar-refractivity contribution in [2.45, 2.75) is 12.6 Å². The summed E-state index contributed by atoms with van der Waals surface area (Å²) in [6.07, 6.45) is 1.65. The zero-order valence-corrected chi connectivity index (χ0v) is 17.3. The molecule has 0 bridgehead atoms. The topological polar surface area (TPSA) is 70.5 Å². The van der Waals surface area contributed by atoms with E-state index in [0.29, 0.717) is 11.3 Å². The molecule has 2 aromatic carbocycles. The maximum Gasteiger partial charge on any atom is 0.296 e. The van der Waals surface area contributed by atoms with Crippen LogP contribution in [0.5, 0.6) is 0 Å². The monoisotopic (exact) mass is 426 g/mol. The van der Waals surface area contributed by atoms with Crippen molar-refractivity contribution in [1.82, 2.24) is 9.88 Å². The van der Waals surface area contributed by atoms with Gasteiger partial charge < -0.3 is 10.0 Å². The molecule has 1 amide bonds. The third kappa shape index (κ3) is 3.31. The van der Waals surface area contributed by atoms with Crippen molar-refractivity contribution in [2.24, 2.45) is 0 Å². The Morgan fingerprint density at radius 2 is 1.77 bits per heavy atom. The van der Waals surface area contributed by atoms with Gasteiger partial charge >= 0.3 is 0 Å². The number of amides is 1. The number of carbonyl (C=O) groups is 2. The van der Waals surface area contributed by atoms with E-state index in [2.05, 4.69) is 4.98 Å². The molecule has 5 rings (SSSR count). The number of hydrogen-bond acceptors (Lipinski definition) is 5. The number of hydrogen-bond donors (Lipinski definition) is 1. The molecule has 152 valence electrons. The third-order valence-corrected chi connectivity index (χ3v) is 6.38. The SMILES string of the molecule is O=C1C(=O)N(Cc2ccccn2)C(c2cccs2)/C1=C(/O)c1cccc2ccccc12. The fourth-order valence-corrected chi connectivity index (χ4v) is 4.87. The van der Waals surface area contributed by atoms with Gasteiger partial charge in [-0.1, -0.05) is 54.6 Å². The van der Waals surface area contributed by atoms with Crippen molar-refractivity contribution < 1.29 is 14.7 Å². The Kier molecular flexibility index (Phi) is 4.84. The first-order valence-electron chi connectivity index (χ1n) is 9.85. The molecule has 1 unspecified atom stereocenters. The molecule has 2 aromatic heterocycles. The van der Waals surface area contributed by atoms with Crippen LogP contribution in [0.15, 0.2) is 89.9 Å². The number of aliphatic hydroxyl groups excluding tert-OH is 1. The van der Waals surface area contributed by atoms with Gasteiger partial charge in [-0.3, -0.25) is 14.6 Å². The molecule has 0 spiro atoms. The molecule has 1 aliphatic heterocycles. The van der Waals surface area contributed by atoms with Gasteiger partial charge in [0.2, 0.25) is 0 Å². The van der Waals surface area contributed by atoms with Crippen molar-refractivity contribution in [3.05, 3.63) is 106 Å². The number of ketones is 1. The second kappa shape index (κ2) is 7.81. The maximum atomic E-state index is 13.1. The minimum Gasteiger partial charge on any atom is -0.507 e. The van der Waals surface area contributed by atoms with Crippen molar-refractivity contribution in [1.29, 1.82) is 0 Å². The van der Waals surface area contributed by atoms with E-state index in [1.54, 1.807) is 18.3 Å². The van der Waals surface area contributed by atoms with Crippen LogP contribution in [0, 0.1) is 0 Å². The van der Waals surface area contributed by atoms with Gasteiger partial charge in [0.1, 0.15) is 11.8 Å². The van der Waals surface area contributed by atoms with E-state index < -0.39 is 17.7 Å². The predicted octanol–water partition coefficient (Wildman–Crippen LogP) is 4.92.